The minimum Gasteiger partial charge on any atom is -0.372 e. The third kappa shape index (κ3) is 5.48. The molecule has 2 aromatic heterocycles. The number of amides is 1. The quantitative estimate of drug-likeness (QED) is 0.384. The van der Waals surface area contributed by atoms with Crippen LogP contribution in [0, 0.1) is 12.7 Å². The number of carbonyl (C=O) groups is 1. The Labute approximate surface area is 209 Å². The molecule has 1 amide bonds. The molecule has 3 heterocycles. The van der Waals surface area contributed by atoms with Crippen LogP contribution in [0.4, 0.5) is 23.4 Å². The lowest BCUT2D eigenvalue weighted by atomic mass is 9.97. The van der Waals surface area contributed by atoms with Crippen molar-refractivity contribution in [2.75, 3.05) is 18.4 Å². The summed E-state index contributed by atoms with van der Waals surface area (Å²) in [4.78, 5) is 37.2. The molecular weight excluding hydrogens is 494 g/mol. The van der Waals surface area contributed by atoms with E-state index in [4.69, 9.17) is 4.74 Å². The Balaban J connectivity index is 1.67. The minimum absolute atomic E-state index is 0.00540. The second kappa shape index (κ2) is 9.92. The molecule has 12 heteroatoms. The Bertz CT molecular complexity index is 1410. The SMILES string of the molecule is C=CC(Nc1ncc(C(=O)N2CC(C)OC(C)C2)cc1F)c1cc2c(=O)[nH]c(C)nc2cc1C(F)(F)F. The number of benzene rings is 1. The Morgan fingerprint density at radius 2 is 1.95 bits per heavy atom. The third-order valence-corrected chi connectivity index (χ3v) is 5.96. The van der Waals surface area contributed by atoms with E-state index in [1.165, 1.54) is 11.8 Å². The van der Waals surface area contributed by atoms with E-state index in [2.05, 4.69) is 26.8 Å². The fraction of sp³-hybridized carbons (Fsp3) is 0.360. The highest BCUT2D eigenvalue weighted by Gasteiger charge is 2.36. The van der Waals surface area contributed by atoms with Gasteiger partial charge in [0, 0.05) is 19.3 Å². The zero-order chi connectivity index (χ0) is 27.1. The number of nitrogens with one attached hydrogen (secondary N) is 2. The number of hydrogen-bond donors (Lipinski definition) is 2. The summed E-state index contributed by atoms with van der Waals surface area (Å²) in [7, 11) is 0. The Hall–Kier alpha value is -3.80. The predicted octanol–water partition coefficient (Wildman–Crippen LogP) is 4.37. The summed E-state index contributed by atoms with van der Waals surface area (Å²) >= 11 is 0. The van der Waals surface area contributed by atoms with Crippen LogP contribution in [0.25, 0.3) is 10.9 Å². The summed E-state index contributed by atoms with van der Waals surface area (Å²) in [5, 5.41) is 2.54. The highest BCUT2D eigenvalue weighted by atomic mass is 19.4. The average Bonchev–Trinajstić information content (AvgIpc) is 2.81. The number of aromatic nitrogens is 3. The number of rotatable bonds is 5. The second-order valence-corrected chi connectivity index (χ2v) is 8.99. The lowest BCUT2D eigenvalue weighted by molar-refractivity contribution is -0.138. The van der Waals surface area contributed by atoms with Crippen LogP contribution in [-0.4, -0.2) is 51.1 Å². The largest absolute Gasteiger partial charge is 0.416 e. The fourth-order valence-corrected chi connectivity index (χ4v) is 4.42. The Morgan fingerprint density at radius 1 is 1.27 bits per heavy atom. The number of aromatic amines is 1. The summed E-state index contributed by atoms with van der Waals surface area (Å²) < 4.78 is 62.5. The maximum Gasteiger partial charge on any atom is 0.416 e. The van der Waals surface area contributed by atoms with Crippen LogP contribution in [0.3, 0.4) is 0 Å². The Morgan fingerprint density at radius 3 is 2.54 bits per heavy atom. The van der Waals surface area contributed by atoms with Crippen molar-refractivity contribution >= 4 is 22.6 Å². The molecule has 4 rings (SSSR count). The smallest absolute Gasteiger partial charge is 0.372 e. The van der Waals surface area contributed by atoms with Gasteiger partial charge >= 0.3 is 6.18 Å². The van der Waals surface area contributed by atoms with E-state index in [-0.39, 0.29) is 45.9 Å². The van der Waals surface area contributed by atoms with Gasteiger partial charge in [0.05, 0.1) is 40.3 Å². The van der Waals surface area contributed by atoms with Gasteiger partial charge in [-0.1, -0.05) is 6.08 Å². The van der Waals surface area contributed by atoms with Gasteiger partial charge in [-0.2, -0.15) is 13.2 Å². The molecular formula is C25H25F4N5O3. The fourth-order valence-electron chi connectivity index (χ4n) is 4.42. The van der Waals surface area contributed by atoms with Gasteiger partial charge in [-0.3, -0.25) is 9.59 Å². The number of aryl methyl sites for hydroxylation is 1. The highest BCUT2D eigenvalue weighted by Crippen LogP contribution is 2.38. The van der Waals surface area contributed by atoms with Gasteiger partial charge in [-0.25, -0.2) is 14.4 Å². The van der Waals surface area contributed by atoms with Gasteiger partial charge in [0.15, 0.2) is 11.6 Å². The second-order valence-electron chi connectivity index (χ2n) is 8.99. The molecule has 1 aliphatic heterocycles. The molecule has 3 unspecified atom stereocenters. The number of alkyl halides is 3. The minimum atomic E-state index is -4.79. The predicted molar refractivity (Wildman–Crippen MR) is 129 cm³/mol. The zero-order valence-electron chi connectivity index (χ0n) is 20.3. The van der Waals surface area contributed by atoms with Gasteiger partial charge in [-0.05, 0) is 44.5 Å². The van der Waals surface area contributed by atoms with Gasteiger partial charge < -0.3 is 19.9 Å². The van der Waals surface area contributed by atoms with Crippen molar-refractivity contribution in [2.45, 2.75) is 45.2 Å². The molecule has 196 valence electrons. The number of carbonyl (C=O) groups excluding carboxylic acids is 1. The summed E-state index contributed by atoms with van der Waals surface area (Å²) in [6, 6.07) is 1.54. The molecule has 2 N–H and O–H groups in total. The van der Waals surface area contributed by atoms with Gasteiger partial charge in [0.2, 0.25) is 0 Å². The van der Waals surface area contributed by atoms with E-state index < -0.39 is 35.1 Å². The number of ether oxygens (including phenoxy) is 1. The van der Waals surface area contributed by atoms with E-state index in [1.807, 2.05) is 13.8 Å². The molecule has 8 nitrogen and oxygen atoms in total. The molecule has 3 atom stereocenters. The molecule has 0 bridgehead atoms. The molecule has 3 aromatic rings. The summed E-state index contributed by atoms with van der Waals surface area (Å²) in [5.41, 5.74) is -2.16. The number of anilines is 1. The van der Waals surface area contributed by atoms with Crippen molar-refractivity contribution in [3.63, 3.8) is 0 Å². The van der Waals surface area contributed by atoms with Crippen molar-refractivity contribution < 1.29 is 27.1 Å². The summed E-state index contributed by atoms with van der Waals surface area (Å²) in [5.74, 6) is -1.58. The molecule has 1 aliphatic rings. The first kappa shape index (κ1) is 26.3. The standard InChI is InChI=1S/C25H25F4N5O3/c1-5-20(16-7-17-21(8-18(16)25(27,28)29)31-14(4)32-23(17)35)33-22-19(26)6-15(9-30-22)24(36)34-10-12(2)37-13(3)11-34/h5-9,12-13,20H,1,10-11H2,2-4H3,(H,30,33)(H,31,32,35). The number of nitrogens with zero attached hydrogens (tertiary/aromatic N) is 3. The number of H-pyrrole nitrogens is 1. The van der Waals surface area contributed by atoms with Crippen LogP contribution in [0.15, 0.2) is 41.8 Å². The van der Waals surface area contributed by atoms with E-state index in [0.29, 0.717) is 13.1 Å². The van der Waals surface area contributed by atoms with E-state index in [0.717, 1.165) is 30.5 Å². The molecule has 37 heavy (non-hydrogen) atoms. The van der Waals surface area contributed by atoms with Crippen molar-refractivity contribution in [3.05, 3.63) is 75.7 Å². The molecule has 0 spiro atoms. The summed E-state index contributed by atoms with van der Waals surface area (Å²) in [6.45, 7) is 9.34. The summed E-state index contributed by atoms with van der Waals surface area (Å²) in [6.07, 6.45) is -2.87. The normalized spacial score (nSPS) is 19.1. The van der Waals surface area contributed by atoms with Gasteiger partial charge in [0.1, 0.15) is 5.82 Å². The third-order valence-electron chi connectivity index (χ3n) is 5.96. The van der Waals surface area contributed by atoms with Crippen molar-refractivity contribution in [3.8, 4) is 0 Å². The number of hydrogen-bond acceptors (Lipinski definition) is 6. The lowest BCUT2D eigenvalue weighted by Gasteiger charge is -2.35. The molecule has 1 fully saturated rings. The number of morpholine rings is 1. The Kier molecular flexibility index (Phi) is 7.05. The average molecular weight is 519 g/mol. The van der Waals surface area contributed by atoms with Crippen LogP contribution < -0.4 is 10.9 Å². The maximum atomic E-state index is 15.0. The monoisotopic (exact) mass is 519 g/mol. The molecule has 1 saturated heterocycles. The van der Waals surface area contributed by atoms with Gasteiger partial charge in [-0.15, -0.1) is 6.58 Å². The molecule has 0 aliphatic carbocycles. The number of fused-ring (bicyclic) bond motifs is 1. The van der Waals surface area contributed by atoms with E-state index in [9.17, 15) is 27.2 Å². The molecule has 0 radical (unpaired) electrons. The first-order valence-electron chi connectivity index (χ1n) is 11.5. The van der Waals surface area contributed by atoms with E-state index in [1.54, 1.807) is 0 Å². The van der Waals surface area contributed by atoms with Crippen LogP contribution in [0.1, 0.15) is 47.2 Å². The van der Waals surface area contributed by atoms with Crippen molar-refractivity contribution in [2.24, 2.45) is 0 Å². The van der Waals surface area contributed by atoms with Gasteiger partial charge in [0.25, 0.3) is 11.5 Å². The highest BCUT2D eigenvalue weighted by molar-refractivity contribution is 5.94. The van der Waals surface area contributed by atoms with Crippen LogP contribution in [0.2, 0.25) is 0 Å². The van der Waals surface area contributed by atoms with Crippen LogP contribution in [0.5, 0.6) is 0 Å². The topological polar surface area (TPSA) is 100 Å². The number of pyridine rings is 1. The first-order chi connectivity index (χ1) is 17.4. The maximum absolute atomic E-state index is 15.0. The molecule has 0 saturated carbocycles. The van der Waals surface area contributed by atoms with Crippen molar-refractivity contribution in [1.82, 2.24) is 19.9 Å². The lowest BCUT2D eigenvalue weighted by Crippen LogP contribution is -2.48. The first-order valence-corrected chi connectivity index (χ1v) is 11.5. The van der Waals surface area contributed by atoms with Crippen LogP contribution >= 0.6 is 0 Å². The zero-order valence-corrected chi connectivity index (χ0v) is 20.3. The molecule has 1 aromatic carbocycles. The van der Waals surface area contributed by atoms with Crippen molar-refractivity contribution in [1.29, 1.82) is 0 Å². The van der Waals surface area contributed by atoms with E-state index >= 15 is 0 Å². The number of halogens is 4. The van der Waals surface area contributed by atoms with Crippen LogP contribution in [-0.2, 0) is 10.9 Å².